The lowest BCUT2D eigenvalue weighted by Gasteiger charge is -2.32. The number of amides is 1. The minimum atomic E-state index is -0.129. The molecule has 1 saturated heterocycles. The summed E-state index contributed by atoms with van der Waals surface area (Å²) in [5.41, 5.74) is 0. The first-order chi connectivity index (χ1) is 14.5. The average molecular weight is 472 g/mol. The van der Waals surface area contributed by atoms with Gasteiger partial charge in [0.25, 0.3) is 5.91 Å². The maximum absolute atomic E-state index is 12.2. The zero-order valence-electron chi connectivity index (χ0n) is 16.6. The zero-order valence-corrected chi connectivity index (χ0v) is 18.8. The Morgan fingerprint density at radius 3 is 2.37 bits per heavy atom. The largest absolute Gasteiger partial charge is 0.494 e. The fraction of sp³-hybridized carbons (Fsp3) is 0.409. The molecule has 8 heteroatoms. The Morgan fingerprint density at radius 2 is 1.67 bits per heavy atom. The molecule has 0 unspecified atom stereocenters. The number of likely N-dealkylation sites (tertiary alicyclic amines) is 1. The van der Waals surface area contributed by atoms with Gasteiger partial charge in [-0.05, 0) is 55.7 Å². The van der Waals surface area contributed by atoms with Crippen molar-refractivity contribution in [3.63, 3.8) is 0 Å². The van der Waals surface area contributed by atoms with Gasteiger partial charge < -0.3 is 19.7 Å². The van der Waals surface area contributed by atoms with Gasteiger partial charge in [-0.25, -0.2) is 0 Å². The molecule has 162 valence electrons. The number of nitrogens with zero attached hydrogens (tertiary/aromatic N) is 1. The van der Waals surface area contributed by atoms with Crippen molar-refractivity contribution >= 4 is 40.7 Å². The molecule has 0 atom stereocenters. The number of nitrogens with one attached hydrogen (secondary N) is 1. The van der Waals surface area contributed by atoms with E-state index in [1.165, 1.54) is 0 Å². The van der Waals surface area contributed by atoms with E-state index < -0.39 is 0 Å². The summed E-state index contributed by atoms with van der Waals surface area (Å²) in [6.07, 6.45) is 2.81. The van der Waals surface area contributed by atoms with Crippen LogP contribution < -0.4 is 14.8 Å². The third-order valence-electron chi connectivity index (χ3n) is 4.91. The topological polar surface area (TPSA) is 50.8 Å². The molecule has 0 aliphatic carbocycles. The summed E-state index contributed by atoms with van der Waals surface area (Å²) < 4.78 is 11.2. The van der Waals surface area contributed by atoms with Crippen LogP contribution in [0.4, 0.5) is 0 Å². The minimum Gasteiger partial charge on any atom is -0.494 e. The lowest BCUT2D eigenvalue weighted by molar-refractivity contribution is -0.124. The first-order valence-corrected chi connectivity index (χ1v) is 11.1. The molecule has 2 aromatic rings. The van der Waals surface area contributed by atoms with Crippen LogP contribution in [-0.4, -0.2) is 49.7 Å². The Morgan fingerprint density at radius 1 is 0.967 bits per heavy atom. The highest BCUT2D eigenvalue weighted by Gasteiger charge is 2.20. The summed E-state index contributed by atoms with van der Waals surface area (Å²) in [6, 6.07) is 12.5. The summed E-state index contributed by atoms with van der Waals surface area (Å²) in [5, 5.41) is 4.61. The minimum absolute atomic E-state index is 0.0415. The van der Waals surface area contributed by atoms with Gasteiger partial charge >= 0.3 is 0 Å². The van der Waals surface area contributed by atoms with Crippen LogP contribution in [0.15, 0.2) is 42.5 Å². The average Bonchev–Trinajstić information content (AvgIpc) is 2.74. The lowest BCUT2D eigenvalue weighted by Crippen LogP contribution is -2.46. The third-order valence-corrected chi connectivity index (χ3v) is 5.91. The van der Waals surface area contributed by atoms with Crippen molar-refractivity contribution in [2.75, 3.05) is 32.8 Å². The number of hydrogen-bond donors (Lipinski definition) is 1. The second kappa shape index (κ2) is 11.7. The molecule has 1 aliphatic heterocycles. The van der Waals surface area contributed by atoms with Crippen LogP contribution in [0.2, 0.25) is 15.1 Å². The van der Waals surface area contributed by atoms with Crippen LogP contribution >= 0.6 is 34.8 Å². The van der Waals surface area contributed by atoms with Gasteiger partial charge in [0.1, 0.15) is 11.5 Å². The number of ether oxygens (including phenoxy) is 2. The summed E-state index contributed by atoms with van der Waals surface area (Å²) in [4.78, 5) is 14.6. The molecule has 3 rings (SSSR count). The molecule has 5 nitrogen and oxygen atoms in total. The van der Waals surface area contributed by atoms with Gasteiger partial charge in [-0.15, -0.1) is 0 Å². The molecule has 0 spiro atoms. The number of carbonyl (C=O) groups excluding carboxylic acids is 1. The van der Waals surface area contributed by atoms with E-state index in [4.69, 9.17) is 44.3 Å². The summed E-state index contributed by atoms with van der Waals surface area (Å²) in [6.45, 7) is 3.53. The molecule has 0 bridgehead atoms. The van der Waals surface area contributed by atoms with Crippen LogP contribution in [0.5, 0.6) is 11.5 Å². The lowest BCUT2D eigenvalue weighted by atomic mass is 10.0. The SMILES string of the molecule is O=C(COc1ccc(Cl)c(Cl)c1)NC1CCN(CCCOc2ccc(Cl)cc2)CC1. The van der Waals surface area contributed by atoms with Crippen molar-refractivity contribution in [1.29, 1.82) is 0 Å². The Bertz CT molecular complexity index is 825. The molecule has 0 saturated carbocycles. The Hall–Kier alpha value is -1.66. The molecular weight excluding hydrogens is 447 g/mol. The molecule has 1 aliphatic rings. The van der Waals surface area contributed by atoms with E-state index in [1.807, 2.05) is 24.3 Å². The first kappa shape index (κ1) is 23.0. The van der Waals surface area contributed by atoms with E-state index in [0.29, 0.717) is 27.4 Å². The second-order valence-corrected chi connectivity index (χ2v) is 8.45. The molecule has 1 fully saturated rings. The molecule has 0 radical (unpaired) electrons. The maximum atomic E-state index is 12.2. The van der Waals surface area contributed by atoms with Gasteiger partial charge in [0, 0.05) is 36.8 Å². The van der Waals surface area contributed by atoms with Crippen LogP contribution in [-0.2, 0) is 4.79 Å². The third kappa shape index (κ3) is 7.55. The second-order valence-electron chi connectivity index (χ2n) is 7.20. The Balaban J connectivity index is 1.28. The highest BCUT2D eigenvalue weighted by Crippen LogP contribution is 2.26. The van der Waals surface area contributed by atoms with Crippen LogP contribution in [0, 0.1) is 0 Å². The highest BCUT2D eigenvalue weighted by molar-refractivity contribution is 6.42. The van der Waals surface area contributed by atoms with E-state index in [0.717, 1.165) is 44.6 Å². The van der Waals surface area contributed by atoms with E-state index in [1.54, 1.807) is 18.2 Å². The maximum Gasteiger partial charge on any atom is 0.258 e. The molecule has 1 N–H and O–H groups in total. The van der Waals surface area contributed by atoms with Gasteiger partial charge in [-0.3, -0.25) is 4.79 Å². The van der Waals surface area contributed by atoms with Gasteiger partial charge in [0.15, 0.2) is 6.61 Å². The highest BCUT2D eigenvalue weighted by atomic mass is 35.5. The fourth-order valence-electron chi connectivity index (χ4n) is 3.29. The number of benzene rings is 2. The number of halogens is 3. The molecule has 0 aromatic heterocycles. The van der Waals surface area contributed by atoms with E-state index in [9.17, 15) is 4.79 Å². The summed E-state index contributed by atoms with van der Waals surface area (Å²) >= 11 is 17.7. The fourth-order valence-corrected chi connectivity index (χ4v) is 3.71. The molecule has 2 aromatic carbocycles. The zero-order chi connectivity index (χ0) is 21.3. The molecule has 1 amide bonds. The van der Waals surface area contributed by atoms with E-state index in [-0.39, 0.29) is 18.6 Å². The number of piperidine rings is 1. The van der Waals surface area contributed by atoms with Crippen LogP contribution in [0.25, 0.3) is 0 Å². The number of carbonyl (C=O) groups is 1. The smallest absolute Gasteiger partial charge is 0.258 e. The van der Waals surface area contributed by atoms with Crippen molar-refractivity contribution in [1.82, 2.24) is 10.2 Å². The number of rotatable bonds is 9. The van der Waals surface area contributed by atoms with Crippen molar-refractivity contribution in [3.05, 3.63) is 57.5 Å². The van der Waals surface area contributed by atoms with Crippen LogP contribution in [0.3, 0.4) is 0 Å². The summed E-state index contributed by atoms with van der Waals surface area (Å²) in [7, 11) is 0. The Kier molecular flexibility index (Phi) is 8.94. The molecular formula is C22H25Cl3N2O3. The monoisotopic (exact) mass is 470 g/mol. The van der Waals surface area contributed by atoms with Gasteiger partial charge in [-0.2, -0.15) is 0 Å². The number of hydrogen-bond acceptors (Lipinski definition) is 4. The summed E-state index contributed by atoms with van der Waals surface area (Å²) in [5.74, 6) is 1.23. The van der Waals surface area contributed by atoms with Gasteiger partial charge in [-0.1, -0.05) is 34.8 Å². The van der Waals surface area contributed by atoms with Crippen molar-refractivity contribution < 1.29 is 14.3 Å². The standard InChI is InChI=1S/C22H25Cl3N2O3/c23-16-2-4-18(5-3-16)29-13-1-10-27-11-8-17(9-12-27)26-22(28)15-30-19-6-7-20(24)21(25)14-19/h2-7,14,17H,1,8-13,15H2,(H,26,28). The van der Waals surface area contributed by atoms with Crippen LogP contribution in [0.1, 0.15) is 19.3 Å². The molecule has 1 heterocycles. The van der Waals surface area contributed by atoms with Crippen molar-refractivity contribution in [3.8, 4) is 11.5 Å². The van der Waals surface area contributed by atoms with Crippen molar-refractivity contribution in [2.24, 2.45) is 0 Å². The predicted octanol–water partition coefficient (Wildman–Crippen LogP) is 5.08. The Labute approximate surface area is 192 Å². The van der Waals surface area contributed by atoms with Gasteiger partial charge in [0.2, 0.25) is 0 Å². The quantitative estimate of drug-likeness (QED) is 0.519. The predicted molar refractivity (Wildman–Crippen MR) is 121 cm³/mol. The van der Waals surface area contributed by atoms with Gasteiger partial charge in [0.05, 0.1) is 16.7 Å². The normalized spacial score (nSPS) is 15.0. The van der Waals surface area contributed by atoms with E-state index in [2.05, 4.69) is 10.2 Å². The van der Waals surface area contributed by atoms with Crippen molar-refractivity contribution in [2.45, 2.75) is 25.3 Å². The molecule has 30 heavy (non-hydrogen) atoms. The first-order valence-electron chi connectivity index (χ1n) is 9.97. The van der Waals surface area contributed by atoms with E-state index >= 15 is 0 Å².